The maximum absolute atomic E-state index is 10.8. The van der Waals surface area contributed by atoms with E-state index in [1.165, 1.54) is 6.07 Å². The summed E-state index contributed by atoms with van der Waals surface area (Å²) in [6.07, 6.45) is 3.76. The molecule has 0 radical (unpaired) electrons. The van der Waals surface area contributed by atoms with E-state index >= 15 is 0 Å². The van der Waals surface area contributed by atoms with Gasteiger partial charge in [-0.15, -0.1) is 0 Å². The molecule has 0 heterocycles. The molecule has 19 heavy (non-hydrogen) atoms. The molecule has 1 N–H and O–H groups in total. The fourth-order valence-corrected chi connectivity index (χ4v) is 1.60. The second-order valence-corrected chi connectivity index (χ2v) is 4.36. The molecule has 2 atom stereocenters. The first kappa shape index (κ1) is 15.3. The smallest absolute Gasteiger partial charge is 0.276 e. The molecule has 1 rings (SSSR count). The second-order valence-electron chi connectivity index (χ2n) is 4.36. The van der Waals surface area contributed by atoms with Gasteiger partial charge in [0.25, 0.3) is 5.69 Å². The highest BCUT2D eigenvalue weighted by atomic mass is 16.6. The van der Waals surface area contributed by atoms with Crippen molar-refractivity contribution in [2.24, 2.45) is 0 Å². The summed E-state index contributed by atoms with van der Waals surface area (Å²) in [5, 5.41) is 14.1. The zero-order valence-corrected chi connectivity index (χ0v) is 11.5. The molecule has 0 amide bonds. The molecule has 0 aromatic heterocycles. The summed E-state index contributed by atoms with van der Waals surface area (Å²) >= 11 is 0. The van der Waals surface area contributed by atoms with Crippen LogP contribution in [0.1, 0.15) is 19.4 Å². The summed E-state index contributed by atoms with van der Waals surface area (Å²) in [5.41, 5.74) is 0.735. The van der Waals surface area contributed by atoms with Gasteiger partial charge in [0.1, 0.15) is 0 Å². The molecule has 1 unspecified atom stereocenters. The van der Waals surface area contributed by atoms with Gasteiger partial charge in [-0.3, -0.25) is 10.1 Å². The van der Waals surface area contributed by atoms with Crippen LogP contribution in [0.2, 0.25) is 0 Å². The zero-order chi connectivity index (χ0) is 14.3. The first-order valence-corrected chi connectivity index (χ1v) is 6.22. The van der Waals surface area contributed by atoms with Crippen molar-refractivity contribution in [3.05, 3.63) is 46.0 Å². The van der Waals surface area contributed by atoms with Gasteiger partial charge in [0.05, 0.1) is 16.6 Å². The highest BCUT2D eigenvalue weighted by Crippen LogP contribution is 2.18. The lowest BCUT2D eigenvalue weighted by Gasteiger charge is -2.18. The number of benzene rings is 1. The molecule has 0 saturated carbocycles. The summed E-state index contributed by atoms with van der Waals surface area (Å²) in [7, 11) is 1.67. The van der Waals surface area contributed by atoms with E-state index < -0.39 is 0 Å². The van der Waals surface area contributed by atoms with Gasteiger partial charge in [0.2, 0.25) is 0 Å². The third-order valence-electron chi connectivity index (χ3n) is 3.06. The van der Waals surface area contributed by atoms with Crippen LogP contribution in [0, 0.1) is 10.1 Å². The van der Waals surface area contributed by atoms with E-state index in [1.54, 1.807) is 31.4 Å². The molecule has 1 aromatic rings. The summed E-state index contributed by atoms with van der Waals surface area (Å²) in [6.45, 7) is 4.66. The number of nitro benzene ring substituents is 1. The normalized spacial score (nSPS) is 14.5. The number of rotatable bonds is 7. The number of nitrogens with one attached hydrogen (secondary N) is 1. The van der Waals surface area contributed by atoms with Crippen LogP contribution < -0.4 is 5.32 Å². The maximum atomic E-state index is 10.8. The number of methoxy groups -OCH3 is 1. The molecular formula is C14H20N2O3. The summed E-state index contributed by atoms with van der Waals surface area (Å²) in [5.74, 6) is 0. The van der Waals surface area contributed by atoms with Gasteiger partial charge in [-0.2, -0.15) is 0 Å². The molecule has 104 valence electrons. The largest absolute Gasteiger partial charge is 0.380 e. The standard InChI is InChI=1S/C14H20N2O3/c1-11(12(2)19-3)15-10-6-8-13-7-4-5-9-14(13)16(17)18/h4-9,11-12,15H,10H2,1-3H3/b8-6+/t11-,12?/m0/s1. The molecule has 0 aliphatic heterocycles. The zero-order valence-electron chi connectivity index (χ0n) is 11.5. The monoisotopic (exact) mass is 264 g/mol. The lowest BCUT2D eigenvalue weighted by atomic mass is 10.1. The van der Waals surface area contributed by atoms with E-state index in [2.05, 4.69) is 5.32 Å². The minimum atomic E-state index is -0.372. The molecule has 1 aromatic carbocycles. The van der Waals surface area contributed by atoms with Crippen LogP contribution in [0.25, 0.3) is 6.08 Å². The van der Waals surface area contributed by atoms with Crippen LogP contribution in [0.3, 0.4) is 0 Å². The van der Waals surface area contributed by atoms with Crippen molar-refractivity contribution >= 4 is 11.8 Å². The molecular weight excluding hydrogens is 244 g/mol. The Bertz CT molecular complexity index is 446. The topological polar surface area (TPSA) is 64.4 Å². The van der Waals surface area contributed by atoms with Crippen molar-refractivity contribution in [1.82, 2.24) is 5.32 Å². The van der Waals surface area contributed by atoms with E-state index in [0.717, 1.165) is 0 Å². The highest BCUT2D eigenvalue weighted by Gasteiger charge is 2.10. The van der Waals surface area contributed by atoms with Crippen molar-refractivity contribution < 1.29 is 9.66 Å². The molecule has 0 bridgehead atoms. The second kappa shape index (κ2) is 7.66. The number of nitrogens with zero attached hydrogens (tertiary/aromatic N) is 1. The Morgan fingerprint density at radius 2 is 2.11 bits per heavy atom. The number of para-hydroxylation sites is 1. The molecule has 0 saturated heterocycles. The van der Waals surface area contributed by atoms with E-state index in [9.17, 15) is 10.1 Å². The summed E-state index contributed by atoms with van der Waals surface area (Å²) < 4.78 is 5.20. The number of ether oxygens (including phenoxy) is 1. The van der Waals surface area contributed by atoms with Crippen molar-refractivity contribution in [3.63, 3.8) is 0 Å². The van der Waals surface area contributed by atoms with E-state index in [4.69, 9.17) is 4.74 Å². The van der Waals surface area contributed by atoms with E-state index in [0.29, 0.717) is 12.1 Å². The lowest BCUT2D eigenvalue weighted by Crippen LogP contribution is -2.36. The Hall–Kier alpha value is -1.72. The molecule has 5 heteroatoms. The number of hydrogen-bond acceptors (Lipinski definition) is 4. The molecule has 0 aliphatic carbocycles. The Morgan fingerprint density at radius 3 is 2.74 bits per heavy atom. The first-order valence-electron chi connectivity index (χ1n) is 6.22. The minimum absolute atomic E-state index is 0.122. The number of nitro groups is 1. The Morgan fingerprint density at radius 1 is 1.42 bits per heavy atom. The maximum Gasteiger partial charge on any atom is 0.276 e. The number of hydrogen-bond donors (Lipinski definition) is 1. The Kier molecular flexibility index (Phi) is 6.18. The summed E-state index contributed by atoms with van der Waals surface area (Å²) in [4.78, 5) is 10.5. The van der Waals surface area contributed by atoms with E-state index in [-0.39, 0.29) is 22.8 Å². The third kappa shape index (κ3) is 4.81. The molecule has 0 spiro atoms. The molecule has 0 aliphatic rings. The van der Waals surface area contributed by atoms with Crippen molar-refractivity contribution in [2.45, 2.75) is 26.0 Å². The van der Waals surface area contributed by atoms with Crippen LogP contribution in [-0.4, -0.2) is 30.7 Å². The van der Waals surface area contributed by atoms with Gasteiger partial charge >= 0.3 is 0 Å². The quantitative estimate of drug-likeness (QED) is 0.607. The Labute approximate surface area is 113 Å². The van der Waals surface area contributed by atoms with Crippen LogP contribution in [0.15, 0.2) is 30.3 Å². The van der Waals surface area contributed by atoms with E-state index in [1.807, 2.05) is 19.9 Å². The van der Waals surface area contributed by atoms with Crippen LogP contribution in [0.5, 0.6) is 0 Å². The van der Waals surface area contributed by atoms with Crippen LogP contribution in [-0.2, 0) is 4.74 Å². The predicted octanol–water partition coefficient (Wildman–Crippen LogP) is 2.62. The van der Waals surface area contributed by atoms with Gasteiger partial charge in [0, 0.05) is 25.8 Å². The fourth-order valence-electron chi connectivity index (χ4n) is 1.60. The lowest BCUT2D eigenvalue weighted by molar-refractivity contribution is -0.385. The average Bonchev–Trinajstić information content (AvgIpc) is 2.42. The highest BCUT2D eigenvalue weighted by molar-refractivity contribution is 5.60. The van der Waals surface area contributed by atoms with Gasteiger partial charge in [-0.25, -0.2) is 0 Å². The van der Waals surface area contributed by atoms with Gasteiger partial charge in [-0.05, 0) is 19.9 Å². The van der Waals surface area contributed by atoms with Crippen molar-refractivity contribution in [1.29, 1.82) is 0 Å². The Balaban J connectivity index is 2.56. The van der Waals surface area contributed by atoms with Crippen LogP contribution in [0.4, 0.5) is 5.69 Å². The summed E-state index contributed by atoms with van der Waals surface area (Å²) in [6, 6.07) is 6.91. The fraction of sp³-hybridized carbons (Fsp3) is 0.429. The molecule has 0 fully saturated rings. The minimum Gasteiger partial charge on any atom is -0.380 e. The van der Waals surface area contributed by atoms with Gasteiger partial charge in [0.15, 0.2) is 0 Å². The van der Waals surface area contributed by atoms with Crippen molar-refractivity contribution in [2.75, 3.05) is 13.7 Å². The van der Waals surface area contributed by atoms with Crippen molar-refractivity contribution in [3.8, 4) is 0 Å². The van der Waals surface area contributed by atoms with Gasteiger partial charge < -0.3 is 10.1 Å². The third-order valence-corrected chi connectivity index (χ3v) is 3.06. The average molecular weight is 264 g/mol. The molecule has 5 nitrogen and oxygen atoms in total. The van der Waals surface area contributed by atoms with Gasteiger partial charge in [-0.1, -0.05) is 24.3 Å². The first-order chi connectivity index (χ1) is 9.06. The van der Waals surface area contributed by atoms with Crippen LogP contribution >= 0.6 is 0 Å². The SMILES string of the molecule is COC(C)[C@H](C)NC/C=C/c1ccccc1[N+](=O)[O-]. The predicted molar refractivity (Wildman–Crippen MR) is 76.1 cm³/mol.